The lowest BCUT2D eigenvalue weighted by Gasteiger charge is -2.22. The highest BCUT2D eigenvalue weighted by Gasteiger charge is 2.25. The van der Waals surface area contributed by atoms with E-state index in [0.29, 0.717) is 23.7 Å². The molecule has 3 heterocycles. The molecule has 32 heavy (non-hydrogen) atoms. The fraction of sp³-hybridized carbons (Fsp3) is 0.478. The average molecular weight is 443 g/mol. The predicted molar refractivity (Wildman–Crippen MR) is 123 cm³/mol. The van der Waals surface area contributed by atoms with Gasteiger partial charge in [0.1, 0.15) is 17.8 Å². The van der Waals surface area contributed by atoms with E-state index in [1.165, 1.54) is 45.2 Å². The van der Waals surface area contributed by atoms with Crippen LogP contribution < -0.4 is 15.5 Å². The fourth-order valence-electron chi connectivity index (χ4n) is 4.05. The second kappa shape index (κ2) is 11.5. The number of aromatic nitrogens is 2. The smallest absolute Gasteiger partial charge is 0.221 e. The Morgan fingerprint density at radius 2 is 2.00 bits per heavy atom. The van der Waals surface area contributed by atoms with Gasteiger partial charge in [0.2, 0.25) is 12.3 Å². The Balaban J connectivity index is 0.000000222. The number of nitrogens with one attached hydrogen (secondary N) is 2. The minimum atomic E-state index is -0.239. The zero-order chi connectivity index (χ0) is 22.9. The van der Waals surface area contributed by atoms with Crippen LogP contribution in [0.1, 0.15) is 37.4 Å². The average Bonchev–Trinajstić information content (AvgIpc) is 3.42. The first-order valence-electron chi connectivity index (χ1n) is 11.0. The quantitative estimate of drug-likeness (QED) is 0.506. The van der Waals surface area contributed by atoms with Crippen molar-refractivity contribution in [1.82, 2.24) is 20.2 Å². The highest BCUT2D eigenvalue weighted by molar-refractivity contribution is 5.93. The summed E-state index contributed by atoms with van der Waals surface area (Å²) in [6, 6.07) is 4.72. The first-order chi connectivity index (χ1) is 15.5. The molecule has 0 unspecified atom stereocenters. The molecule has 0 aliphatic carbocycles. The number of nitrogens with zero attached hydrogens (tertiary/aromatic N) is 4. The third-order valence-electron chi connectivity index (χ3n) is 5.59. The minimum Gasteiger partial charge on any atom is -0.359 e. The first kappa shape index (κ1) is 23.6. The molecule has 1 aromatic carbocycles. The molecule has 2 aliphatic rings. The Hall–Kier alpha value is -3.07. The van der Waals surface area contributed by atoms with E-state index in [2.05, 4.69) is 25.5 Å². The van der Waals surface area contributed by atoms with E-state index in [1.54, 1.807) is 12.1 Å². The topological polar surface area (TPSA) is 90.5 Å². The van der Waals surface area contributed by atoms with Crippen LogP contribution in [-0.2, 0) is 16.0 Å². The zero-order valence-corrected chi connectivity index (χ0v) is 18.7. The second-order valence-corrected chi connectivity index (χ2v) is 7.99. The summed E-state index contributed by atoms with van der Waals surface area (Å²) in [4.78, 5) is 34.1. The molecule has 0 atom stereocenters. The number of anilines is 3. The van der Waals surface area contributed by atoms with Crippen molar-refractivity contribution in [3.05, 3.63) is 41.6 Å². The fourth-order valence-corrected chi connectivity index (χ4v) is 4.05. The van der Waals surface area contributed by atoms with Crippen molar-refractivity contribution in [2.24, 2.45) is 0 Å². The molecule has 1 saturated heterocycles. The Bertz CT molecular complexity index is 933. The molecule has 9 heteroatoms. The number of amides is 2. The molecule has 2 amide bonds. The van der Waals surface area contributed by atoms with Gasteiger partial charge in [-0.1, -0.05) is 0 Å². The maximum absolute atomic E-state index is 13.3. The molecule has 0 radical (unpaired) electrons. The van der Waals surface area contributed by atoms with E-state index in [0.717, 1.165) is 43.6 Å². The number of halogens is 1. The first-order valence-corrected chi connectivity index (χ1v) is 11.0. The number of carbonyl (C=O) groups is 2. The van der Waals surface area contributed by atoms with E-state index >= 15 is 0 Å². The molecule has 4 rings (SSSR count). The summed E-state index contributed by atoms with van der Waals surface area (Å²) in [5.41, 5.74) is 3.16. The van der Waals surface area contributed by atoms with Crippen LogP contribution in [0.25, 0.3) is 0 Å². The van der Waals surface area contributed by atoms with Crippen molar-refractivity contribution in [3.8, 4) is 0 Å². The Labute approximate surface area is 188 Å². The molecule has 2 aromatic rings. The minimum absolute atomic E-state index is 0.173. The Morgan fingerprint density at radius 1 is 1.22 bits per heavy atom. The molecule has 1 fully saturated rings. The van der Waals surface area contributed by atoms with Gasteiger partial charge in [0, 0.05) is 25.7 Å². The SMILES string of the molecule is CC(=O)Nc1c(C)ncnc1N1CCc2cc(F)ccc21.O=CNCCCN1CCCC1. The van der Waals surface area contributed by atoms with Crippen molar-refractivity contribution in [1.29, 1.82) is 0 Å². The summed E-state index contributed by atoms with van der Waals surface area (Å²) in [5.74, 6) is 0.229. The number of hydrogen-bond acceptors (Lipinski definition) is 6. The number of carbonyl (C=O) groups excluding carboxylic acids is 2. The molecule has 2 N–H and O–H groups in total. The number of fused-ring (bicyclic) bond motifs is 1. The molecule has 1 aromatic heterocycles. The van der Waals surface area contributed by atoms with Gasteiger partial charge in [0.25, 0.3) is 0 Å². The van der Waals surface area contributed by atoms with Crippen molar-refractivity contribution < 1.29 is 14.0 Å². The lowest BCUT2D eigenvalue weighted by molar-refractivity contribution is -0.114. The summed E-state index contributed by atoms with van der Waals surface area (Å²) in [5, 5.41) is 5.45. The van der Waals surface area contributed by atoms with E-state index in [-0.39, 0.29) is 11.7 Å². The van der Waals surface area contributed by atoms with Crippen LogP contribution in [-0.4, -0.2) is 59.9 Å². The number of rotatable bonds is 7. The lowest BCUT2D eigenvalue weighted by Crippen LogP contribution is -2.24. The van der Waals surface area contributed by atoms with Crippen LogP contribution in [0.3, 0.4) is 0 Å². The summed E-state index contributed by atoms with van der Waals surface area (Å²) in [7, 11) is 0. The largest absolute Gasteiger partial charge is 0.359 e. The van der Waals surface area contributed by atoms with Gasteiger partial charge >= 0.3 is 0 Å². The highest BCUT2D eigenvalue weighted by atomic mass is 19.1. The summed E-state index contributed by atoms with van der Waals surface area (Å²) < 4.78 is 13.3. The van der Waals surface area contributed by atoms with E-state index in [9.17, 15) is 14.0 Å². The van der Waals surface area contributed by atoms with Gasteiger partial charge in [-0.05, 0) is 76.0 Å². The van der Waals surface area contributed by atoms with Crippen LogP contribution in [0.5, 0.6) is 0 Å². The number of benzene rings is 1. The third kappa shape index (κ3) is 6.23. The van der Waals surface area contributed by atoms with E-state index in [4.69, 9.17) is 0 Å². The third-order valence-corrected chi connectivity index (χ3v) is 5.59. The standard InChI is InChI=1S/C15H15FN4O.C8H16N2O/c1-9-14(19-10(2)21)15(18-8-17-9)20-6-5-11-7-12(16)3-4-13(11)20;11-8-9-4-3-7-10-5-1-2-6-10/h3-4,7-8H,5-6H2,1-2H3,(H,19,21);8H,1-7H2,(H,9,11). The van der Waals surface area contributed by atoms with Gasteiger partial charge < -0.3 is 20.4 Å². The van der Waals surface area contributed by atoms with Crippen LogP contribution in [0.2, 0.25) is 0 Å². The molecular formula is C23H31FN6O2. The van der Waals surface area contributed by atoms with Crippen LogP contribution in [0.4, 0.5) is 21.6 Å². The van der Waals surface area contributed by atoms with Gasteiger partial charge in [0.05, 0.1) is 5.69 Å². The van der Waals surface area contributed by atoms with Crippen molar-refractivity contribution in [3.63, 3.8) is 0 Å². The summed E-state index contributed by atoms with van der Waals surface area (Å²) >= 11 is 0. The Morgan fingerprint density at radius 3 is 2.72 bits per heavy atom. The van der Waals surface area contributed by atoms with Gasteiger partial charge in [-0.15, -0.1) is 0 Å². The maximum Gasteiger partial charge on any atom is 0.221 e. The van der Waals surface area contributed by atoms with Crippen LogP contribution in [0.15, 0.2) is 24.5 Å². The van der Waals surface area contributed by atoms with E-state index < -0.39 is 0 Å². The maximum atomic E-state index is 13.3. The van der Waals surface area contributed by atoms with Crippen LogP contribution >= 0.6 is 0 Å². The normalized spacial score (nSPS) is 15.0. The van der Waals surface area contributed by atoms with Crippen molar-refractivity contribution in [2.45, 2.75) is 39.5 Å². The number of aryl methyl sites for hydroxylation is 1. The van der Waals surface area contributed by atoms with Gasteiger partial charge in [-0.2, -0.15) is 0 Å². The number of hydrogen-bond donors (Lipinski definition) is 2. The van der Waals surface area contributed by atoms with Crippen LogP contribution in [0, 0.1) is 12.7 Å². The highest BCUT2D eigenvalue weighted by Crippen LogP contribution is 2.37. The number of likely N-dealkylation sites (tertiary alicyclic amines) is 1. The Kier molecular flexibility index (Phi) is 8.49. The van der Waals surface area contributed by atoms with Gasteiger partial charge in [0.15, 0.2) is 5.82 Å². The molecular weight excluding hydrogens is 411 g/mol. The predicted octanol–water partition coefficient (Wildman–Crippen LogP) is 2.80. The molecule has 0 spiro atoms. The monoisotopic (exact) mass is 442 g/mol. The molecule has 0 bridgehead atoms. The lowest BCUT2D eigenvalue weighted by atomic mass is 10.1. The van der Waals surface area contributed by atoms with Gasteiger partial charge in [-0.25, -0.2) is 14.4 Å². The molecule has 0 saturated carbocycles. The second-order valence-electron chi connectivity index (χ2n) is 7.99. The zero-order valence-electron chi connectivity index (χ0n) is 18.7. The summed E-state index contributed by atoms with van der Waals surface area (Å²) in [6.07, 6.45) is 6.76. The molecule has 172 valence electrons. The van der Waals surface area contributed by atoms with Crippen molar-refractivity contribution in [2.75, 3.05) is 42.9 Å². The van der Waals surface area contributed by atoms with E-state index in [1.807, 2.05) is 11.8 Å². The molecule has 2 aliphatic heterocycles. The van der Waals surface area contributed by atoms with Gasteiger partial charge in [-0.3, -0.25) is 9.59 Å². The summed E-state index contributed by atoms with van der Waals surface area (Å²) in [6.45, 7) is 8.42. The van der Waals surface area contributed by atoms with Crippen molar-refractivity contribution >= 4 is 29.5 Å². The molecule has 8 nitrogen and oxygen atoms in total.